The topological polar surface area (TPSA) is 125 Å². The first-order chi connectivity index (χ1) is 15.4. The molecule has 2 heterocycles. The lowest BCUT2D eigenvalue weighted by Gasteiger charge is -2.12. The van der Waals surface area contributed by atoms with Gasteiger partial charge in [-0.3, -0.25) is 0 Å². The van der Waals surface area contributed by atoms with E-state index in [2.05, 4.69) is 30.6 Å². The first-order valence-electron chi connectivity index (χ1n) is 8.94. The molecule has 0 bridgehead atoms. The number of nitrogens with zero attached hydrogens (tertiary/aromatic N) is 4. The van der Waals surface area contributed by atoms with Crippen LogP contribution in [0.2, 0.25) is 15.2 Å². The predicted octanol–water partition coefficient (Wildman–Crippen LogP) is 5.92. The van der Waals surface area contributed by atoms with Gasteiger partial charge in [-0.1, -0.05) is 59.1 Å². The molecule has 2 aromatic heterocycles. The van der Waals surface area contributed by atoms with Crippen LogP contribution in [0.5, 0.6) is 23.4 Å². The lowest BCUT2D eigenvalue weighted by atomic mass is 10.3. The van der Waals surface area contributed by atoms with E-state index >= 15 is 0 Å². The number of anilines is 4. The summed E-state index contributed by atoms with van der Waals surface area (Å²) in [7, 11) is 0. The van der Waals surface area contributed by atoms with Crippen LogP contribution in [0.3, 0.4) is 0 Å². The van der Waals surface area contributed by atoms with Crippen LogP contribution in [0.1, 0.15) is 0 Å². The van der Waals surface area contributed by atoms with Gasteiger partial charge in [-0.15, -0.1) is 0 Å². The Balaban J connectivity index is 1.72. The first-order valence-corrected chi connectivity index (χ1v) is 10.1. The summed E-state index contributed by atoms with van der Waals surface area (Å²) in [5.74, 6) is -0.0370. The van der Waals surface area contributed by atoms with Crippen LogP contribution in [-0.2, 0) is 0 Å². The minimum absolute atomic E-state index is 0.0137. The van der Waals surface area contributed by atoms with Crippen molar-refractivity contribution in [3.05, 3.63) is 69.8 Å². The van der Waals surface area contributed by atoms with Gasteiger partial charge < -0.3 is 25.6 Å². The van der Waals surface area contributed by atoms with E-state index in [1.807, 2.05) is 0 Å². The van der Waals surface area contributed by atoms with Crippen molar-refractivity contribution in [1.82, 2.24) is 19.9 Å². The summed E-state index contributed by atoms with van der Waals surface area (Å²) in [6.45, 7) is 0. The molecule has 0 saturated carbocycles. The number of pyridine rings is 1. The van der Waals surface area contributed by atoms with E-state index in [0.717, 1.165) is 0 Å². The summed E-state index contributed by atoms with van der Waals surface area (Å²) in [5, 5.41) is 26.1. The third-order valence-corrected chi connectivity index (χ3v) is 4.90. The Bertz CT molecular complexity index is 1230. The molecule has 4 rings (SSSR count). The number of benzene rings is 2. The van der Waals surface area contributed by atoms with E-state index in [9.17, 15) is 10.2 Å². The molecular formula is C20H13Cl3N6O3. The van der Waals surface area contributed by atoms with Crippen molar-refractivity contribution in [3.63, 3.8) is 0 Å². The van der Waals surface area contributed by atoms with E-state index in [1.165, 1.54) is 18.2 Å². The number of phenols is 2. The number of aromatic nitrogens is 4. The van der Waals surface area contributed by atoms with Crippen molar-refractivity contribution in [2.24, 2.45) is 0 Å². The van der Waals surface area contributed by atoms with Crippen LogP contribution < -0.4 is 15.4 Å². The van der Waals surface area contributed by atoms with Crippen LogP contribution in [0, 0.1) is 0 Å². The van der Waals surface area contributed by atoms with E-state index in [1.54, 1.807) is 36.4 Å². The Morgan fingerprint density at radius 1 is 0.688 bits per heavy atom. The maximum atomic E-state index is 10.0. The van der Waals surface area contributed by atoms with Crippen molar-refractivity contribution >= 4 is 58.1 Å². The van der Waals surface area contributed by atoms with Gasteiger partial charge in [0.1, 0.15) is 16.5 Å². The number of nitrogens with one attached hydrogen (secondary N) is 2. The van der Waals surface area contributed by atoms with Crippen molar-refractivity contribution in [2.45, 2.75) is 0 Å². The molecule has 0 atom stereocenters. The van der Waals surface area contributed by atoms with Crippen molar-refractivity contribution in [1.29, 1.82) is 0 Å². The Hall–Kier alpha value is -3.53. The number of ether oxygens (including phenoxy) is 1. The minimum atomic E-state index is -0.191. The molecule has 0 unspecified atom stereocenters. The molecular weight excluding hydrogens is 479 g/mol. The lowest BCUT2D eigenvalue weighted by Crippen LogP contribution is -2.06. The predicted molar refractivity (Wildman–Crippen MR) is 122 cm³/mol. The smallest absolute Gasteiger partial charge is 0.330 e. The SMILES string of the molecule is Oc1ccccc1Nc1nc(Nc2ccccc2O)nc(Oc2nc(Cl)c(Cl)cc2Cl)n1. The van der Waals surface area contributed by atoms with Crippen LogP contribution in [0.25, 0.3) is 0 Å². The number of phenolic OH excluding ortho intramolecular Hbond substituents is 2. The fourth-order valence-corrected chi connectivity index (χ4v) is 3.03. The number of aromatic hydroxyl groups is 2. The molecule has 32 heavy (non-hydrogen) atoms. The third-order valence-electron chi connectivity index (χ3n) is 3.96. The van der Waals surface area contributed by atoms with E-state index in [4.69, 9.17) is 39.5 Å². The highest BCUT2D eigenvalue weighted by molar-refractivity contribution is 6.42. The maximum Gasteiger partial charge on any atom is 0.330 e. The van der Waals surface area contributed by atoms with Crippen molar-refractivity contribution in [3.8, 4) is 23.4 Å². The Labute approximate surface area is 196 Å². The highest BCUT2D eigenvalue weighted by atomic mass is 35.5. The van der Waals surface area contributed by atoms with Gasteiger partial charge in [-0.05, 0) is 30.3 Å². The zero-order chi connectivity index (χ0) is 22.7. The summed E-state index contributed by atoms with van der Waals surface area (Å²) in [4.78, 5) is 16.6. The van der Waals surface area contributed by atoms with Gasteiger partial charge in [0.25, 0.3) is 0 Å². The standard InChI is InChI=1S/C20H13Cl3N6O3/c21-10-9-11(22)17(26-16(10)23)32-20-28-18(24-12-5-1-3-7-14(12)30)27-19(29-20)25-13-6-2-4-8-15(13)31/h1-9,30-31H,(H2,24,25,27,28,29). The van der Waals surface area contributed by atoms with Gasteiger partial charge in [0, 0.05) is 0 Å². The monoisotopic (exact) mass is 490 g/mol. The van der Waals surface area contributed by atoms with Crippen molar-refractivity contribution in [2.75, 3.05) is 10.6 Å². The Morgan fingerprint density at radius 3 is 1.75 bits per heavy atom. The zero-order valence-electron chi connectivity index (χ0n) is 15.9. The van der Waals surface area contributed by atoms with Crippen molar-refractivity contribution < 1.29 is 14.9 Å². The summed E-state index contributed by atoms with van der Waals surface area (Å²) >= 11 is 18.0. The largest absolute Gasteiger partial charge is 0.506 e. The molecule has 162 valence electrons. The molecule has 0 spiro atoms. The highest BCUT2D eigenvalue weighted by Crippen LogP contribution is 2.33. The summed E-state index contributed by atoms with van der Waals surface area (Å²) in [6, 6.07) is 14.2. The average Bonchev–Trinajstić information content (AvgIpc) is 2.75. The van der Waals surface area contributed by atoms with E-state index in [0.29, 0.717) is 11.4 Å². The highest BCUT2D eigenvalue weighted by Gasteiger charge is 2.15. The number of para-hydroxylation sites is 4. The molecule has 9 nitrogen and oxygen atoms in total. The third kappa shape index (κ3) is 5.02. The first kappa shape index (κ1) is 21.7. The number of halogens is 3. The normalized spacial score (nSPS) is 10.6. The van der Waals surface area contributed by atoms with Gasteiger partial charge in [0.2, 0.25) is 17.8 Å². The average molecular weight is 492 g/mol. The maximum absolute atomic E-state index is 10.0. The molecule has 4 N–H and O–H groups in total. The molecule has 4 aromatic rings. The quantitative estimate of drug-likeness (QED) is 0.192. The van der Waals surface area contributed by atoms with Crippen LogP contribution in [-0.4, -0.2) is 30.1 Å². The van der Waals surface area contributed by atoms with Crippen LogP contribution in [0.15, 0.2) is 54.6 Å². The second kappa shape index (κ2) is 9.31. The second-order valence-corrected chi connectivity index (χ2v) is 7.37. The number of rotatable bonds is 6. The number of hydrogen-bond acceptors (Lipinski definition) is 9. The van der Waals surface area contributed by atoms with Crippen LogP contribution in [0.4, 0.5) is 23.3 Å². The second-order valence-electron chi connectivity index (χ2n) is 6.20. The molecule has 0 radical (unpaired) electrons. The molecule has 0 aliphatic rings. The number of hydrogen-bond donors (Lipinski definition) is 4. The fraction of sp³-hybridized carbons (Fsp3) is 0. The van der Waals surface area contributed by atoms with Gasteiger partial charge in [-0.2, -0.15) is 19.9 Å². The van der Waals surface area contributed by atoms with Gasteiger partial charge in [0.05, 0.1) is 16.4 Å². The van der Waals surface area contributed by atoms with E-state index < -0.39 is 0 Å². The Kier molecular flexibility index (Phi) is 6.31. The van der Waals surface area contributed by atoms with E-state index in [-0.39, 0.29) is 50.5 Å². The summed E-state index contributed by atoms with van der Waals surface area (Å²) < 4.78 is 5.61. The molecule has 0 aliphatic carbocycles. The van der Waals surface area contributed by atoms with Gasteiger partial charge in [0.15, 0.2) is 5.15 Å². The minimum Gasteiger partial charge on any atom is -0.506 e. The zero-order valence-corrected chi connectivity index (χ0v) is 18.2. The molecule has 0 fully saturated rings. The molecule has 0 saturated heterocycles. The van der Waals surface area contributed by atoms with Crippen LogP contribution >= 0.6 is 34.8 Å². The molecule has 0 amide bonds. The summed E-state index contributed by atoms with van der Waals surface area (Å²) in [5.41, 5.74) is 0.702. The van der Waals surface area contributed by atoms with Gasteiger partial charge in [-0.25, -0.2) is 0 Å². The molecule has 2 aromatic carbocycles. The lowest BCUT2D eigenvalue weighted by molar-refractivity contribution is 0.425. The fourth-order valence-electron chi connectivity index (χ4n) is 2.50. The van der Waals surface area contributed by atoms with Gasteiger partial charge >= 0.3 is 6.01 Å². The Morgan fingerprint density at radius 2 is 1.22 bits per heavy atom. The molecule has 0 aliphatic heterocycles. The summed E-state index contributed by atoms with van der Waals surface area (Å²) in [6.07, 6.45) is 0. The molecule has 12 heteroatoms.